The molecule has 2 aromatic rings. The van der Waals surface area contributed by atoms with Gasteiger partial charge in [0.25, 0.3) is 0 Å². The summed E-state index contributed by atoms with van der Waals surface area (Å²) in [6.07, 6.45) is 7.40. The Balaban J connectivity index is 1.63. The summed E-state index contributed by atoms with van der Waals surface area (Å²) in [5.41, 5.74) is 0.671. The SMILES string of the molecule is C[C@H](CO)Nc1nc(Nc2ccc(S(=O)(=O)NCC3CCCCC3)cc2)ncc1Br. The highest BCUT2D eigenvalue weighted by molar-refractivity contribution is 9.10. The molecule has 1 saturated carbocycles. The largest absolute Gasteiger partial charge is 0.394 e. The second-order valence-corrected chi connectivity index (χ2v) is 10.2. The average Bonchev–Trinajstić information content (AvgIpc) is 2.76. The summed E-state index contributed by atoms with van der Waals surface area (Å²) in [5.74, 6) is 1.34. The molecule has 1 heterocycles. The van der Waals surface area contributed by atoms with E-state index in [0.717, 1.165) is 12.8 Å². The van der Waals surface area contributed by atoms with E-state index in [0.29, 0.717) is 34.4 Å². The topological polar surface area (TPSA) is 116 Å². The molecule has 0 aliphatic heterocycles. The molecule has 0 saturated heterocycles. The minimum absolute atomic E-state index is 0.0239. The van der Waals surface area contributed by atoms with Crippen molar-refractivity contribution in [3.63, 3.8) is 0 Å². The van der Waals surface area contributed by atoms with Crippen molar-refractivity contribution in [1.29, 1.82) is 0 Å². The number of aliphatic hydroxyl groups is 1. The molecule has 1 atom stereocenters. The van der Waals surface area contributed by atoms with E-state index in [-0.39, 0.29) is 17.5 Å². The van der Waals surface area contributed by atoms with Gasteiger partial charge in [-0.05, 0) is 65.9 Å². The number of sulfonamides is 1. The predicted octanol–water partition coefficient (Wildman–Crippen LogP) is 3.63. The highest BCUT2D eigenvalue weighted by atomic mass is 79.9. The number of halogens is 1. The van der Waals surface area contributed by atoms with Gasteiger partial charge in [-0.15, -0.1) is 0 Å². The lowest BCUT2D eigenvalue weighted by atomic mass is 9.90. The zero-order valence-corrected chi connectivity index (χ0v) is 19.3. The average molecular weight is 498 g/mol. The number of hydrogen-bond donors (Lipinski definition) is 4. The van der Waals surface area contributed by atoms with E-state index in [9.17, 15) is 13.5 Å². The van der Waals surface area contributed by atoms with E-state index in [2.05, 4.69) is 41.3 Å². The van der Waals surface area contributed by atoms with Crippen molar-refractivity contribution >= 4 is 43.4 Å². The summed E-state index contributed by atoms with van der Waals surface area (Å²) in [4.78, 5) is 8.84. The van der Waals surface area contributed by atoms with Crippen LogP contribution in [0, 0.1) is 5.92 Å². The normalized spacial score (nSPS) is 16.2. The Bertz CT molecular complexity index is 934. The number of rotatable bonds is 9. The summed E-state index contributed by atoms with van der Waals surface area (Å²) >= 11 is 3.38. The molecule has 1 aliphatic carbocycles. The molecule has 0 amide bonds. The van der Waals surface area contributed by atoms with Crippen LogP contribution in [-0.4, -0.2) is 42.7 Å². The van der Waals surface area contributed by atoms with Crippen LogP contribution in [0.2, 0.25) is 0 Å². The first-order valence-corrected chi connectivity index (χ1v) is 12.4. The Morgan fingerprint density at radius 3 is 2.57 bits per heavy atom. The zero-order valence-electron chi connectivity index (χ0n) is 16.9. The lowest BCUT2D eigenvalue weighted by Crippen LogP contribution is -2.30. The van der Waals surface area contributed by atoms with Crippen LogP contribution in [0.4, 0.5) is 17.5 Å². The maximum absolute atomic E-state index is 12.6. The number of anilines is 3. The number of aromatic nitrogens is 2. The van der Waals surface area contributed by atoms with Crippen molar-refractivity contribution in [1.82, 2.24) is 14.7 Å². The van der Waals surface area contributed by atoms with Crippen LogP contribution in [0.15, 0.2) is 39.8 Å². The molecule has 1 aromatic carbocycles. The molecule has 0 unspecified atom stereocenters. The quantitative estimate of drug-likeness (QED) is 0.417. The molecule has 10 heteroatoms. The van der Waals surface area contributed by atoms with Gasteiger partial charge >= 0.3 is 0 Å². The van der Waals surface area contributed by atoms with Crippen molar-refractivity contribution in [3.8, 4) is 0 Å². The predicted molar refractivity (Wildman–Crippen MR) is 121 cm³/mol. The molecule has 8 nitrogen and oxygen atoms in total. The molecular weight excluding hydrogens is 470 g/mol. The minimum atomic E-state index is -3.53. The first kappa shape index (κ1) is 22.9. The monoisotopic (exact) mass is 497 g/mol. The Morgan fingerprint density at radius 1 is 1.20 bits per heavy atom. The Morgan fingerprint density at radius 2 is 1.90 bits per heavy atom. The van der Waals surface area contributed by atoms with E-state index >= 15 is 0 Å². The van der Waals surface area contributed by atoms with Gasteiger partial charge in [-0.1, -0.05) is 19.3 Å². The maximum Gasteiger partial charge on any atom is 0.240 e. The fourth-order valence-corrected chi connectivity index (χ4v) is 4.78. The van der Waals surface area contributed by atoms with Crippen molar-refractivity contribution in [2.75, 3.05) is 23.8 Å². The van der Waals surface area contributed by atoms with Crippen LogP contribution in [-0.2, 0) is 10.0 Å². The lowest BCUT2D eigenvalue weighted by molar-refractivity contribution is 0.281. The van der Waals surface area contributed by atoms with E-state index < -0.39 is 10.0 Å². The maximum atomic E-state index is 12.6. The molecular formula is C20H28BrN5O3S. The third-order valence-corrected chi connectivity index (χ3v) is 7.13. The summed E-state index contributed by atoms with van der Waals surface area (Å²) in [7, 11) is -3.53. The van der Waals surface area contributed by atoms with Crippen molar-refractivity contribution in [2.45, 2.75) is 50.0 Å². The second-order valence-electron chi connectivity index (χ2n) is 7.62. The van der Waals surface area contributed by atoms with Crippen LogP contribution in [0.1, 0.15) is 39.0 Å². The lowest BCUT2D eigenvalue weighted by Gasteiger charge is -2.21. The number of nitrogens with zero attached hydrogens (tertiary/aromatic N) is 2. The molecule has 3 rings (SSSR count). The highest BCUT2D eigenvalue weighted by Gasteiger charge is 2.19. The zero-order chi connectivity index (χ0) is 21.6. The van der Waals surface area contributed by atoms with Crippen LogP contribution in [0.25, 0.3) is 0 Å². The van der Waals surface area contributed by atoms with Crippen molar-refractivity contribution < 1.29 is 13.5 Å². The first-order chi connectivity index (χ1) is 14.4. The van der Waals surface area contributed by atoms with E-state index in [1.807, 2.05) is 6.92 Å². The van der Waals surface area contributed by atoms with Gasteiger partial charge in [0.1, 0.15) is 5.82 Å². The molecule has 4 N–H and O–H groups in total. The summed E-state index contributed by atoms with van der Waals surface area (Å²) in [5, 5.41) is 15.3. The molecule has 0 radical (unpaired) electrons. The second kappa shape index (κ2) is 10.5. The molecule has 1 fully saturated rings. The molecule has 30 heavy (non-hydrogen) atoms. The summed E-state index contributed by atoms with van der Waals surface area (Å²) < 4.78 is 28.6. The Labute approximate surface area is 186 Å². The fraction of sp³-hybridized carbons (Fsp3) is 0.500. The van der Waals surface area contributed by atoms with Gasteiger partial charge in [0.15, 0.2) is 0 Å². The first-order valence-electron chi connectivity index (χ1n) is 10.1. The van der Waals surface area contributed by atoms with E-state index in [1.54, 1.807) is 30.5 Å². The summed E-state index contributed by atoms with van der Waals surface area (Å²) in [6.45, 7) is 2.31. The molecule has 1 aromatic heterocycles. The Hall–Kier alpha value is -1.75. The minimum Gasteiger partial charge on any atom is -0.394 e. The highest BCUT2D eigenvalue weighted by Crippen LogP contribution is 2.25. The van der Waals surface area contributed by atoms with Gasteiger partial charge in [-0.25, -0.2) is 18.1 Å². The Kier molecular flexibility index (Phi) is 8.04. The smallest absolute Gasteiger partial charge is 0.240 e. The van der Waals surface area contributed by atoms with Crippen molar-refractivity contribution in [3.05, 3.63) is 34.9 Å². The van der Waals surface area contributed by atoms with Gasteiger partial charge in [-0.2, -0.15) is 4.98 Å². The van der Waals surface area contributed by atoms with Crippen molar-refractivity contribution in [2.24, 2.45) is 5.92 Å². The van der Waals surface area contributed by atoms with Gasteiger partial charge in [-0.3, -0.25) is 0 Å². The molecule has 0 spiro atoms. The number of aliphatic hydroxyl groups excluding tert-OH is 1. The molecule has 0 bridgehead atoms. The van der Waals surface area contributed by atoms with E-state index in [4.69, 9.17) is 0 Å². The van der Waals surface area contributed by atoms with E-state index in [1.165, 1.54) is 19.3 Å². The fourth-order valence-electron chi connectivity index (χ4n) is 3.36. The number of benzene rings is 1. The standard InChI is InChI=1S/C20H28BrN5O3S/c1-14(13-27)24-19-18(21)12-22-20(26-19)25-16-7-9-17(10-8-16)30(28,29)23-11-15-5-3-2-4-6-15/h7-10,12,14-15,23,27H,2-6,11,13H2,1H3,(H2,22,24,25,26)/t14-/m1/s1. The summed E-state index contributed by atoms with van der Waals surface area (Å²) in [6, 6.07) is 6.35. The van der Waals surface area contributed by atoms with Crippen LogP contribution in [0.3, 0.4) is 0 Å². The van der Waals surface area contributed by atoms with Crippen LogP contribution >= 0.6 is 15.9 Å². The third kappa shape index (κ3) is 6.37. The van der Waals surface area contributed by atoms with Gasteiger partial charge in [0.2, 0.25) is 16.0 Å². The molecule has 164 valence electrons. The third-order valence-electron chi connectivity index (χ3n) is 5.11. The van der Waals surface area contributed by atoms with Crippen LogP contribution < -0.4 is 15.4 Å². The van der Waals surface area contributed by atoms with Gasteiger partial charge in [0, 0.05) is 24.5 Å². The molecule has 1 aliphatic rings. The number of nitrogens with one attached hydrogen (secondary N) is 3. The van der Waals surface area contributed by atoms with Gasteiger partial charge in [0.05, 0.1) is 16.0 Å². The van der Waals surface area contributed by atoms with Gasteiger partial charge < -0.3 is 15.7 Å². The number of hydrogen-bond acceptors (Lipinski definition) is 7. The van der Waals surface area contributed by atoms with Crippen LogP contribution in [0.5, 0.6) is 0 Å².